The van der Waals surface area contributed by atoms with Crippen LogP contribution in [0.4, 0.5) is 4.79 Å². The summed E-state index contributed by atoms with van der Waals surface area (Å²) in [6.07, 6.45) is -1.71. The third-order valence-corrected chi connectivity index (χ3v) is 12.8. The molecule has 4 aromatic rings. The van der Waals surface area contributed by atoms with Crippen LogP contribution in [0, 0.1) is 5.92 Å². The van der Waals surface area contributed by atoms with Gasteiger partial charge in [-0.15, -0.1) is 0 Å². The number of nitrogens with zero attached hydrogens (tertiary/aromatic N) is 2. The summed E-state index contributed by atoms with van der Waals surface area (Å²) >= 11 is 0. The van der Waals surface area contributed by atoms with E-state index in [1.165, 1.54) is 21.3 Å². The number of carboxylic acid groups (broad SMARTS) is 1. The normalized spacial score (nSPS) is 18.1. The lowest BCUT2D eigenvalue weighted by Gasteiger charge is -2.31. The molecule has 0 saturated carbocycles. The average molecular weight is 765 g/mol. The van der Waals surface area contributed by atoms with Crippen molar-refractivity contribution < 1.29 is 45.7 Å². The second-order valence-corrected chi connectivity index (χ2v) is 18.0. The van der Waals surface area contributed by atoms with E-state index < -0.39 is 43.8 Å². The second kappa shape index (κ2) is 15.4. The number of hydrogen-bond acceptors (Lipinski definition) is 9. The largest absolute Gasteiger partial charge is 0.489 e. The van der Waals surface area contributed by atoms with E-state index in [0.29, 0.717) is 22.8 Å². The lowest BCUT2D eigenvalue weighted by atomic mass is 10.00. The van der Waals surface area contributed by atoms with Crippen molar-refractivity contribution in [3.63, 3.8) is 0 Å². The summed E-state index contributed by atoms with van der Waals surface area (Å²) in [5.74, 6) is 1.16. The van der Waals surface area contributed by atoms with E-state index in [1.54, 1.807) is 74.5 Å². The minimum absolute atomic E-state index is 0.00885. The molecule has 0 aliphatic carbocycles. The Morgan fingerprint density at radius 2 is 1.55 bits per heavy atom. The van der Waals surface area contributed by atoms with Gasteiger partial charge in [-0.1, -0.05) is 68.4 Å². The monoisotopic (exact) mass is 764 g/mol. The number of fused-ring (bicyclic) bond motifs is 1. The molecule has 282 valence electrons. The standard InChI is InChI=1S/C39H44N2O10S2/c1-27(2)22-40(53(46,47)33-18-19-35-36(21-33)50-26-49-35)23-37-34(41(38(42)43)39(3,4)51-37)20-28-14-16-31(17-15-28)48-24-29-10-8-9-11-30(29)25-52(44,45)32-12-6-5-7-13-32/h5-19,21,27,34,37H,20,22-26H2,1-4H3,(H,42,43)/t34-,37+/m0/s1. The Balaban J connectivity index is 1.18. The van der Waals surface area contributed by atoms with E-state index in [4.69, 9.17) is 18.9 Å². The zero-order valence-corrected chi connectivity index (χ0v) is 31.7. The topological polar surface area (TPSA) is 149 Å². The Labute approximate surface area is 310 Å². The van der Waals surface area contributed by atoms with Gasteiger partial charge in [0.25, 0.3) is 0 Å². The number of rotatable bonds is 14. The second-order valence-electron chi connectivity index (χ2n) is 14.0. The molecule has 0 bridgehead atoms. The first-order chi connectivity index (χ1) is 25.1. The van der Waals surface area contributed by atoms with Crippen LogP contribution in [-0.4, -0.2) is 75.0 Å². The molecular formula is C39H44N2O10S2. The third kappa shape index (κ3) is 8.62. The van der Waals surface area contributed by atoms with Gasteiger partial charge < -0.3 is 24.1 Å². The highest BCUT2D eigenvalue weighted by molar-refractivity contribution is 7.90. The zero-order chi connectivity index (χ0) is 38.0. The SMILES string of the molecule is CC(C)CN(C[C@H]1OC(C)(C)N(C(=O)O)[C@H]1Cc1ccc(OCc2ccccc2CS(=O)(=O)c2ccccc2)cc1)S(=O)(=O)c1ccc2c(c1)OCO2. The molecule has 53 heavy (non-hydrogen) atoms. The van der Waals surface area contributed by atoms with Crippen LogP contribution in [0.2, 0.25) is 0 Å². The smallest absolute Gasteiger partial charge is 0.409 e. The number of hydrogen-bond donors (Lipinski definition) is 1. The van der Waals surface area contributed by atoms with Crippen LogP contribution >= 0.6 is 0 Å². The number of benzene rings is 4. The number of sulfonamides is 1. The first kappa shape index (κ1) is 38.1. The number of carbonyl (C=O) groups is 1. The van der Waals surface area contributed by atoms with E-state index in [9.17, 15) is 26.7 Å². The number of sulfone groups is 1. The summed E-state index contributed by atoms with van der Waals surface area (Å²) in [6, 6.07) is 26.5. The van der Waals surface area contributed by atoms with Crippen molar-refractivity contribution in [2.75, 3.05) is 19.9 Å². The fourth-order valence-electron chi connectivity index (χ4n) is 6.77. The van der Waals surface area contributed by atoms with Crippen molar-refractivity contribution in [2.45, 2.75) is 74.1 Å². The van der Waals surface area contributed by atoms with E-state index in [0.717, 1.165) is 11.1 Å². The molecule has 0 unspecified atom stereocenters. The molecule has 6 rings (SSSR count). The first-order valence-corrected chi connectivity index (χ1v) is 20.4. The van der Waals surface area contributed by atoms with Crippen LogP contribution in [0.15, 0.2) is 107 Å². The summed E-state index contributed by atoms with van der Waals surface area (Å²) in [4.78, 5) is 14.2. The van der Waals surface area contributed by atoms with Gasteiger partial charge in [-0.25, -0.2) is 21.6 Å². The minimum atomic E-state index is -4.04. The van der Waals surface area contributed by atoms with Crippen molar-refractivity contribution in [3.8, 4) is 17.2 Å². The minimum Gasteiger partial charge on any atom is -0.489 e. The quantitative estimate of drug-likeness (QED) is 0.154. The van der Waals surface area contributed by atoms with Gasteiger partial charge >= 0.3 is 6.09 Å². The molecule has 1 saturated heterocycles. The predicted molar refractivity (Wildman–Crippen MR) is 197 cm³/mol. The lowest BCUT2D eigenvalue weighted by Crippen LogP contribution is -2.50. The molecule has 2 atom stereocenters. The van der Waals surface area contributed by atoms with E-state index in [1.807, 2.05) is 38.1 Å². The van der Waals surface area contributed by atoms with Crippen molar-refractivity contribution >= 4 is 26.0 Å². The average Bonchev–Trinajstić information content (AvgIpc) is 3.68. The summed E-state index contributed by atoms with van der Waals surface area (Å²) in [5.41, 5.74) is 0.951. The summed E-state index contributed by atoms with van der Waals surface area (Å²) in [6.45, 7) is 7.41. The third-order valence-electron chi connectivity index (χ3n) is 9.25. The molecule has 0 radical (unpaired) electrons. The summed E-state index contributed by atoms with van der Waals surface area (Å²) in [5, 5.41) is 10.3. The van der Waals surface area contributed by atoms with Crippen LogP contribution in [0.25, 0.3) is 0 Å². The maximum absolute atomic E-state index is 14.1. The molecule has 2 aliphatic rings. The van der Waals surface area contributed by atoms with Crippen LogP contribution in [0.3, 0.4) is 0 Å². The summed E-state index contributed by atoms with van der Waals surface area (Å²) < 4.78 is 78.8. The molecule has 0 aromatic heterocycles. The molecule has 1 fully saturated rings. The maximum Gasteiger partial charge on any atom is 0.409 e. The van der Waals surface area contributed by atoms with Gasteiger partial charge in [0, 0.05) is 19.2 Å². The van der Waals surface area contributed by atoms with E-state index in [2.05, 4.69) is 0 Å². The summed E-state index contributed by atoms with van der Waals surface area (Å²) in [7, 11) is -7.59. The molecule has 1 amide bonds. The van der Waals surface area contributed by atoms with Gasteiger partial charge in [-0.05, 0) is 79.3 Å². The number of ether oxygens (including phenoxy) is 4. The first-order valence-electron chi connectivity index (χ1n) is 17.3. The highest BCUT2D eigenvalue weighted by atomic mass is 32.2. The lowest BCUT2D eigenvalue weighted by molar-refractivity contribution is -0.0691. The predicted octanol–water partition coefficient (Wildman–Crippen LogP) is 6.34. The number of amides is 1. The van der Waals surface area contributed by atoms with Crippen LogP contribution in [0.5, 0.6) is 17.2 Å². The van der Waals surface area contributed by atoms with Crippen LogP contribution < -0.4 is 14.2 Å². The van der Waals surface area contributed by atoms with Crippen LogP contribution in [-0.2, 0) is 43.4 Å². The van der Waals surface area contributed by atoms with Crippen molar-refractivity contribution in [1.82, 2.24) is 9.21 Å². The Morgan fingerprint density at radius 1 is 0.887 bits per heavy atom. The molecular weight excluding hydrogens is 721 g/mol. The molecule has 1 N–H and O–H groups in total. The van der Waals surface area contributed by atoms with Gasteiger partial charge in [-0.3, -0.25) is 4.90 Å². The Kier molecular flexibility index (Phi) is 11.1. The Hall–Kier alpha value is -4.63. The molecule has 0 spiro atoms. The van der Waals surface area contributed by atoms with Gasteiger partial charge in [0.1, 0.15) is 18.1 Å². The molecule has 14 heteroatoms. The molecule has 2 heterocycles. The van der Waals surface area contributed by atoms with Crippen molar-refractivity contribution in [3.05, 3.63) is 114 Å². The van der Waals surface area contributed by atoms with Crippen LogP contribution in [0.1, 0.15) is 44.4 Å². The van der Waals surface area contributed by atoms with Gasteiger partial charge in [0.2, 0.25) is 16.8 Å². The molecule has 4 aromatic carbocycles. The highest BCUT2D eigenvalue weighted by Gasteiger charge is 2.51. The van der Waals surface area contributed by atoms with Crippen molar-refractivity contribution in [2.24, 2.45) is 5.92 Å². The fraction of sp³-hybridized carbons (Fsp3) is 0.359. The van der Waals surface area contributed by atoms with Gasteiger partial charge in [0.05, 0.1) is 27.7 Å². The fourth-order valence-corrected chi connectivity index (χ4v) is 9.83. The Bertz CT molecular complexity index is 2140. The van der Waals surface area contributed by atoms with E-state index in [-0.39, 0.29) is 54.4 Å². The Morgan fingerprint density at radius 3 is 2.23 bits per heavy atom. The molecule has 12 nitrogen and oxygen atoms in total. The van der Waals surface area contributed by atoms with Crippen molar-refractivity contribution in [1.29, 1.82) is 0 Å². The highest BCUT2D eigenvalue weighted by Crippen LogP contribution is 2.38. The van der Waals surface area contributed by atoms with Gasteiger partial charge in [0.15, 0.2) is 21.3 Å². The maximum atomic E-state index is 14.1. The van der Waals surface area contributed by atoms with Gasteiger partial charge in [-0.2, -0.15) is 4.31 Å². The zero-order valence-electron chi connectivity index (χ0n) is 30.0. The van der Waals surface area contributed by atoms with E-state index >= 15 is 0 Å². The molecule has 2 aliphatic heterocycles.